The molecule has 0 aliphatic carbocycles. The molecule has 1 amide bonds. The summed E-state index contributed by atoms with van der Waals surface area (Å²) in [5, 5.41) is 2.95. The zero-order valence-corrected chi connectivity index (χ0v) is 14.2. The quantitative estimate of drug-likeness (QED) is 0.840. The highest BCUT2D eigenvalue weighted by Gasteiger charge is 2.17. The van der Waals surface area contributed by atoms with E-state index in [2.05, 4.69) is 22.1 Å². The van der Waals surface area contributed by atoms with E-state index in [-0.39, 0.29) is 5.91 Å². The van der Waals surface area contributed by atoms with Gasteiger partial charge in [0.2, 0.25) is 5.91 Å². The van der Waals surface area contributed by atoms with Gasteiger partial charge in [-0.3, -0.25) is 9.69 Å². The normalized spacial score (nSPS) is 17.0. The first-order valence-electron chi connectivity index (χ1n) is 8.65. The number of hydrogen-bond acceptors (Lipinski definition) is 5. The summed E-state index contributed by atoms with van der Waals surface area (Å²) in [7, 11) is 0. The molecule has 1 atom stereocenters. The molecule has 1 aromatic carbocycles. The first-order valence-corrected chi connectivity index (χ1v) is 8.65. The summed E-state index contributed by atoms with van der Waals surface area (Å²) in [5.74, 6) is 0.754. The number of para-hydroxylation sites is 2. The van der Waals surface area contributed by atoms with Gasteiger partial charge in [0, 0.05) is 38.5 Å². The van der Waals surface area contributed by atoms with Crippen molar-refractivity contribution >= 4 is 17.0 Å². The van der Waals surface area contributed by atoms with Crippen molar-refractivity contribution in [2.45, 2.75) is 32.2 Å². The van der Waals surface area contributed by atoms with Crippen LogP contribution in [0.5, 0.6) is 0 Å². The summed E-state index contributed by atoms with van der Waals surface area (Å²) in [5.41, 5.74) is 1.65. The Labute approximate surface area is 142 Å². The van der Waals surface area contributed by atoms with E-state index in [1.165, 1.54) is 0 Å². The third kappa shape index (κ3) is 4.55. The number of aromatic nitrogens is 1. The first kappa shape index (κ1) is 16.9. The zero-order valence-electron chi connectivity index (χ0n) is 14.2. The molecule has 1 aliphatic rings. The topological polar surface area (TPSA) is 67.6 Å². The Morgan fingerprint density at radius 1 is 1.33 bits per heavy atom. The van der Waals surface area contributed by atoms with E-state index in [0.29, 0.717) is 31.3 Å². The number of nitrogens with zero attached hydrogens (tertiary/aromatic N) is 2. The van der Waals surface area contributed by atoms with Crippen molar-refractivity contribution in [1.82, 2.24) is 15.2 Å². The van der Waals surface area contributed by atoms with Gasteiger partial charge in [0.05, 0.1) is 13.2 Å². The van der Waals surface area contributed by atoms with E-state index in [1.807, 2.05) is 24.3 Å². The second kappa shape index (κ2) is 8.26. The summed E-state index contributed by atoms with van der Waals surface area (Å²) < 4.78 is 11.0. The van der Waals surface area contributed by atoms with Gasteiger partial charge in [-0.1, -0.05) is 12.1 Å². The van der Waals surface area contributed by atoms with Crippen LogP contribution in [-0.4, -0.2) is 54.7 Å². The van der Waals surface area contributed by atoms with Gasteiger partial charge >= 0.3 is 0 Å². The van der Waals surface area contributed by atoms with Crippen LogP contribution in [0.4, 0.5) is 0 Å². The molecule has 1 N–H and O–H groups in total. The molecule has 1 unspecified atom stereocenters. The standard InChI is InChI=1S/C18H25N3O3/c1-14(21-10-12-23-13-11-21)6-7-17(22)19-9-8-18-20-15-4-2-3-5-16(15)24-18/h2-5,14H,6-13H2,1H3,(H,19,22). The molecule has 0 radical (unpaired) electrons. The second-order valence-electron chi connectivity index (χ2n) is 6.21. The van der Waals surface area contributed by atoms with Gasteiger partial charge in [0.1, 0.15) is 5.52 Å². The molecule has 0 bridgehead atoms. The minimum atomic E-state index is 0.0891. The van der Waals surface area contributed by atoms with Gasteiger partial charge in [-0.15, -0.1) is 0 Å². The third-order valence-corrected chi connectivity index (χ3v) is 4.46. The Bertz CT molecular complexity index is 631. The summed E-state index contributed by atoms with van der Waals surface area (Å²) in [4.78, 5) is 18.8. The highest BCUT2D eigenvalue weighted by Crippen LogP contribution is 2.14. The minimum absolute atomic E-state index is 0.0891. The lowest BCUT2D eigenvalue weighted by Gasteiger charge is -2.32. The largest absolute Gasteiger partial charge is 0.441 e. The molecular weight excluding hydrogens is 306 g/mol. The van der Waals surface area contributed by atoms with E-state index in [9.17, 15) is 4.79 Å². The maximum atomic E-state index is 12.0. The number of carbonyl (C=O) groups excluding carboxylic acids is 1. The van der Waals surface area contributed by atoms with Crippen LogP contribution in [-0.2, 0) is 16.0 Å². The number of oxazole rings is 1. The highest BCUT2D eigenvalue weighted by molar-refractivity contribution is 5.76. The zero-order chi connectivity index (χ0) is 16.8. The fraction of sp³-hybridized carbons (Fsp3) is 0.556. The average molecular weight is 331 g/mol. The number of hydrogen-bond donors (Lipinski definition) is 1. The lowest BCUT2D eigenvalue weighted by molar-refractivity contribution is -0.121. The van der Waals surface area contributed by atoms with E-state index in [1.54, 1.807) is 0 Å². The molecule has 24 heavy (non-hydrogen) atoms. The van der Waals surface area contributed by atoms with Gasteiger partial charge in [-0.25, -0.2) is 4.98 Å². The third-order valence-electron chi connectivity index (χ3n) is 4.46. The van der Waals surface area contributed by atoms with Gasteiger partial charge in [-0.05, 0) is 25.5 Å². The van der Waals surface area contributed by atoms with E-state index < -0.39 is 0 Å². The lowest BCUT2D eigenvalue weighted by Crippen LogP contribution is -2.42. The van der Waals surface area contributed by atoms with E-state index in [0.717, 1.165) is 43.8 Å². The average Bonchev–Trinajstić information content (AvgIpc) is 3.03. The van der Waals surface area contributed by atoms with Crippen LogP contribution in [0.1, 0.15) is 25.7 Å². The van der Waals surface area contributed by atoms with Crippen LogP contribution < -0.4 is 5.32 Å². The summed E-state index contributed by atoms with van der Waals surface area (Å²) in [6.07, 6.45) is 2.03. The van der Waals surface area contributed by atoms with Crippen LogP contribution in [0.3, 0.4) is 0 Å². The van der Waals surface area contributed by atoms with Crippen LogP contribution in [0.15, 0.2) is 28.7 Å². The van der Waals surface area contributed by atoms with Crippen molar-refractivity contribution in [2.75, 3.05) is 32.8 Å². The number of fused-ring (bicyclic) bond motifs is 1. The molecule has 1 saturated heterocycles. The highest BCUT2D eigenvalue weighted by atomic mass is 16.5. The van der Waals surface area contributed by atoms with E-state index >= 15 is 0 Å². The molecule has 1 aromatic heterocycles. The Kier molecular flexibility index (Phi) is 5.82. The van der Waals surface area contributed by atoms with Crippen LogP contribution in [0.25, 0.3) is 11.1 Å². The maximum Gasteiger partial charge on any atom is 0.220 e. The van der Waals surface area contributed by atoms with Crippen molar-refractivity contribution in [3.63, 3.8) is 0 Å². The molecule has 6 nitrogen and oxygen atoms in total. The van der Waals surface area contributed by atoms with Crippen molar-refractivity contribution in [3.8, 4) is 0 Å². The van der Waals surface area contributed by atoms with Crippen molar-refractivity contribution < 1.29 is 13.9 Å². The molecule has 3 rings (SSSR count). The van der Waals surface area contributed by atoms with Gasteiger partial charge in [0.25, 0.3) is 0 Å². The number of nitrogens with one attached hydrogen (secondary N) is 1. The number of rotatable bonds is 7. The number of benzene rings is 1. The molecular formula is C18H25N3O3. The van der Waals surface area contributed by atoms with Crippen molar-refractivity contribution in [3.05, 3.63) is 30.2 Å². The number of morpholine rings is 1. The lowest BCUT2D eigenvalue weighted by atomic mass is 10.1. The Morgan fingerprint density at radius 3 is 2.92 bits per heavy atom. The second-order valence-corrected chi connectivity index (χ2v) is 6.21. The monoisotopic (exact) mass is 331 g/mol. The number of amides is 1. The molecule has 2 aromatic rings. The Hall–Kier alpha value is -1.92. The molecule has 0 saturated carbocycles. The summed E-state index contributed by atoms with van der Waals surface area (Å²) in [6, 6.07) is 8.10. The summed E-state index contributed by atoms with van der Waals surface area (Å²) >= 11 is 0. The number of carbonyl (C=O) groups is 1. The smallest absolute Gasteiger partial charge is 0.220 e. The molecule has 0 spiro atoms. The molecule has 1 fully saturated rings. The van der Waals surface area contributed by atoms with Crippen LogP contribution >= 0.6 is 0 Å². The SMILES string of the molecule is CC(CCC(=O)NCCc1nc2ccccc2o1)N1CCOCC1. The van der Waals surface area contributed by atoms with Gasteiger partial charge < -0.3 is 14.5 Å². The first-order chi connectivity index (χ1) is 11.7. The van der Waals surface area contributed by atoms with Gasteiger partial charge in [-0.2, -0.15) is 0 Å². The van der Waals surface area contributed by atoms with E-state index in [4.69, 9.17) is 9.15 Å². The van der Waals surface area contributed by atoms with Crippen LogP contribution in [0.2, 0.25) is 0 Å². The van der Waals surface area contributed by atoms with Crippen molar-refractivity contribution in [1.29, 1.82) is 0 Å². The molecule has 2 heterocycles. The number of ether oxygens (including phenoxy) is 1. The molecule has 1 aliphatic heterocycles. The van der Waals surface area contributed by atoms with Gasteiger partial charge in [0.15, 0.2) is 11.5 Å². The molecule has 130 valence electrons. The van der Waals surface area contributed by atoms with Crippen LogP contribution in [0, 0.1) is 0 Å². The molecule has 6 heteroatoms. The summed E-state index contributed by atoms with van der Waals surface area (Å²) in [6.45, 7) is 6.23. The maximum absolute atomic E-state index is 12.0. The fourth-order valence-electron chi connectivity index (χ4n) is 2.96. The Balaban J connectivity index is 1.36. The van der Waals surface area contributed by atoms with Crippen molar-refractivity contribution in [2.24, 2.45) is 0 Å². The minimum Gasteiger partial charge on any atom is -0.441 e. The predicted molar refractivity (Wildman–Crippen MR) is 91.8 cm³/mol. The fourth-order valence-corrected chi connectivity index (χ4v) is 2.96. The Morgan fingerprint density at radius 2 is 2.12 bits per heavy atom. The predicted octanol–water partition coefficient (Wildman–Crippen LogP) is 1.99.